The molecule has 104 valence electrons. The van der Waals surface area contributed by atoms with Crippen LogP contribution >= 0.6 is 0 Å². The number of amides is 2. The maximum atomic E-state index is 12.6. The standard InChI is InChI=1S/C17H14N2O2/c18-14-9-15(11-6-2-1-5-10(11)14)19-16(20)12-7-3-4-8-13(12)17(19)21/h1-8,14-15H,9,18H2/t14-,15-/m1/s1. The number of hydrogen-bond acceptors (Lipinski definition) is 3. The van der Waals surface area contributed by atoms with Crippen LogP contribution in [0.15, 0.2) is 48.5 Å². The summed E-state index contributed by atoms with van der Waals surface area (Å²) in [5.41, 5.74) is 9.14. The molecule has 2 aliphatic rings. The minimum atomic E-state index is -0.261. The molecule has 1 aliphatic heterocycles. The summed E-state index contributed by atoms with van der Waals surface area (Å²) < 4.78 is 0. The van der Waals surface area contributed by atoms with Crippen molar-refractivity contribution in [2.24, 2.45) is 5.73 Å². The molecule has 4 rings (SSSR count). The monoisotopic (exact) mass is 278 g/mol. The zero-order chi connectivity index (χ0) is 14.6. The zero-order valence-electron chi connectivity index (χ0n) is 11.3. The SMILES string of the molecule is N[C@@H]1C[C@@H](N2C(=O)c3ccccc3C2=O)c2ccccc21. The summed E-state index contributed by atoms with van der Waals surface area (Å²) in [6.45, 7) is 0. The van der Waals surface area contributed by atoms with Crippen molar-refractivity contribution in [2.75, 3.05) is 0 Å². The average Bonchev–Trinajstić information content (AvgIpc) is 2.96. The molecule has 1 heterocycles. The van der Waals surface area contributed by atoms with Gasteiger partial charge in [0.25, 0.3) is 11.8 Å². The van der Waals surface area contributed by atoms with Crippen molar-refractivity contribution in [1.29, 1.82) is 0 Å². The molecular weight excluding hydrogens is 264 g/mol. The lowest BCUT2D eigenvalue weighted by molar-refractivity contribution is 0.0579. The summed E-state index contributed by atoms with van der Waals surface area (Å²) in [5, 5.41) is 0. The minimum Gasteiger partial charge on any atom is -0.324 e. The number of rotatable bonds is 1. The van der Waals surface area contributed by atoms with E-state index in [9.17, 15) is 9.59 Å². The number of nitrogens with zero attached hydrogens (tertiary/aromatic N) is 1. The van der Waals surface area contributed by atoms with Crippen molar-refractivity contribution in [3.05, 3.63) is 70.8 Å². The Labute approximate surface area is 122 Å². The van der Waals surface area contributed by atoms with Crippen LogP contribution in [0.3, 0.4) is 0 Å². The van der Waals surface area contributed by atoms with E-state index in [4.69, 9.17) is 5.73 Å². The summed E-state index contributed by atoms with van der Waals surface area (Å²) in [6, 6.07) is 14.4. The van der Waals surface area contributed by atoms with Gasteiger partial charge in [-0.15, -0.1) is 0 Å². The Morgan fingerprint density at radius 1 is 0.857 bits per heavy atom. The van der Waals surface area contributed by atoms with Crippen LogP contribution in [0.2, 0.25) is 0 Å². The Kier molecular flexibility index (Phi) is 2.50. The highest BCUT2D eigenvalue weighted by Gasteiger charge is 2.43. The predicted molar refractivity (Wildman–Crippen MR) is 77.7 cm³/mol. The van der Waals surface area contributed by atoms with Gasteiger partial charge in [0, 0.05) is 6.04 Å². The molecule has 2 N–H and O–H groups in total. The second-order valence-corrected chi connectivity index (χ2v) is 5.51. The molecule has 0 spiro atoms. The maximum Gasteiger partial charge on any atom is 0.262 e. The fourth-order valence-electron chi connectivity index (χ4n) is 3.38. The fourth-order valence-corrected chi connectivity index (χ4v) is 3.38. The van der Waals surface area contributed by atoms with Crippen LogP contribution in [0.4, 0.5) is 0 Å². The second kappa shape index (κ2) is 4.27. The summed E-state index contributed by atoms with van der Waals surface area (Å²) in [7, 11) is 0. The third-order valence-corrected chi connectivity index (χ3v) is 4.37. The molecule has 2 atom stereocenters. The van der Waals surface area contributed by atoms with Crippen LogP contribution in [-0.2, 0) is 0 Å². The second-order valence-electron chi connectivity index (χ2n) is 5.51. The van der Waals surface area contributed by atoms with E-state index in [1.165, 1.54) is 4.90 Å². The molecule has 1 aliphatic carbocycles. The Balaban J connectivity index is 1.80. The van der Waals surface area contributed by atoms with Gasteiger partial charge in [-0.05, 0) is 29.7 Å². The van der Waals surface area contributed by atoms with Gasteiger partial charge in [-0.25, -0.2) is 0 Å². The molecule has 0 aromatic heterocycles. The van der Waals surface area contributed by atoms with E-state index in [0.717, 1.165) is 11.1 Å². The molecule has 2 aromatic rings. The third kappa shape index (κ3) is 1.59. The van der Waals surface area contributed by atoms with Gasteiger partial charge in [0.1, 0.15) is 0 Å². The smallest absolute Gasteiger partial charge is 0.262 e. The van der Waals surface area contributed by atoms with E-state index in [2.05, 4.69) is 0 Å². The van der Waals surface area contributed by atoms with Gasteiger partial charge in [0.15, 0.2) is 0 Å². The van der Waals surface area contributed by atoms with Crippen LogP contribution in [0.5, 0.6) is 0 Å². The lowest BCUT2D eigenvalue weighted by Crippen LogP contribution is -2.33. The molecule has 0 fully saturated rings. The fraction of sp³-hybridized carbons (Fsp3) is 0.176. The number of hydrogen-bond donors (Lipinski definition) is 1. The third-order valence-electron chi connectivity index (χ3n) is 4.37. The highest BCUT2D eigenvalue weighted by Crippen LogP contribution is 2.43. The number of carbonyl (C=O) groups excluding carboxylic acids is 2. The Hall–Kier alpha value is -2.46. The number of fused-ring (bicyclic) bond motifs is 2. The molecule has 0 bridgehead atoms. The quantitative estimate of drug-likeness (QED) is 0.815. The Morgan fingerprint density at radius 3 is 2.00 bits per heavy atom. The molecule has 4 nitrogen and oxygen atoms in total. The molecule has 2 amide bonds. The van der Waals surface area contributed by atoms with Gasteiger partial charge in [0.2, 0.25) is 0 Å². The van der Waals surface area contributed by atoms with E-state index in [-0.39, 0.29) is 23.9 Å². The number of carbonyl (C=O) groups is 2. The van der Waals surface area contributed by atoms with E-state index in [0.29, 0.717) is 17.5 Å². The highest BCUT2D eigenvalue weighted by molar-refractivity contribution is 6.21. The summed E-state index contributed by atoms with van der Waals surface area (Å²) >= 11 is 0. The molecule has 0 saturated carbocycles. The molecule has 0 radical (unpaired) electrons. The normalized spacial score (nSPS) is 23.4. The Morgan fingerprint density at radius 2 is 1.38 bits per heavy atom. The first-order chi connectivity index (χ1) is 10.2. The first-order valence-corrected chi connectivity index (χ1v) is 7.00. The van der Waals surface area contributed by atoms with Crippen LogP contribution in [0, 0.1) is 0 Å². The topological polar surface area (TPSA) is 63.4 Å². The van der Waals surface area contributed by atoms with Crippen molar-refractivity contribution in [3.8, 4) is 0 Å². The van der Waals surface area contributed by atoms with Crippen LogP contribution in [0.1, 0.15) is 50.3 Å². The molecule has 4 heteroatoms. The van der Waals surface area contributed by atoms with Gasteiger partial charge < -0.3 is 5.73 Å². The van der Waals surface area contributed by atoms with E-state index >= 15 is 0 Å². The summed E-state index contributed by atoms with van der Waals surface area (Å²) in [6.07, 6.45) is 0.588. The maximum absolute atomic E-state index is 12.6. The van der Waals surface area contributed by atoms with E-state index in [1.54, 1.807) is 24.3 Å². The largest absolute Gasteiger partial charge is 0.324 e. The molecule has 0 unspecified atom stereocenters. The van der Waals surface area contributed by atoms with Crippen LogP contribution in [0.25, 0.3) is 0 Å². The average molecular weight is 278 g/mol. The molecule has 0 saturated heterocycles. The van der Waals surface area contributed by atoms with Gasteiger partial charge in [-0.3, -0.25) is 14.5 Å². The molecule has 2 aromatic carbocycles. The first kappa shape index (κ1) is 12.3. The van der Waals surface area contributed by atoms with Crippen LogP contribution < -0.4 is 5.73 Å². The van der Waals surface area contributed by atoms with Gasteiger partial charge >= 0.3 is 0 Å². The number of nitrogens with two attached hydrogens (primary N) is 1. The zero-order valence-corrected chi connectivity index (χ0v) is 11.3. The number of imide groups is 1. The lowest BCUT2D eigenvalue weighted by atomic mass is 10.1. The summed E-state index contributed by atoms with van der Waals surface area (Å²) in [4.78, 5) is 26.5. The van der Waals surface area contributed by atoms with Crippen molar-refractivity contribution < 1.29 is 9.59 Å². The molecule has 21 heavy (non-hydrogen) atoms. The van der Waals surface area contributed by atoms with Crippen molar-refractivity contribution in [3.63, 3.8) is 0 Å². The van der Waals surface area contributed by atoms with Crippen molar-refractivity contribution in [2.45, 2.75) is 18.5 Å². The van der Waals surface area contributed by atoms with Crippen LogP contribution in [-0.4, -0.2) is 16.7 Å². The van der Waals surface area contributed by atoms with Gasteiger partial charge in [0.05, 0.1) is 17.2 Å². The molecular formula is C17H14N2O2. The number of benzene rings is 2. The predicted octanol–water partition coefficient (Wildman–Crippen LogP) is 2.43. The van der Waals surface area contributed by atoms with Crippen molar-refractivity contribution >= 4 is 11.8 Å². The van der Waals surface area contributed by atoms with E-state index < -0.39 is 0 Å². The highest BCUT2D eigenvalue weighted by atomic mass is 16.2. The summed E-state index contributed by atoms with van der Waals surface area (Å²) in [5.74, 6) is -0.436. The van der Waals surface area contributed by atoms with E-state index in [1.807, 2.05) is 24.3 Å². The first-order valence-electron chi connectivity index (χ1n) is 7.00. The van der Waals surface area contributed by atoms with Crippen molar-refractivity contribution in [1.82, 2.24) is 4.90 Å². The lowest BCUT2D eigenvalue weighted by Gasteiger charge is -2.23. The van der Waals surface area contributed by atoms with Gasteiger partial charge in [-0.2, -0.15) is 0 Å². The minimum absolute atomic E-state index is 0.129. The Bertz CT molecular complexity index is 734. The van der Waals surface area contributed by atoms with Gasteiger partial charge in [-0.1, -0.05) is 36.4 Å².